The molecular weight excluding hydrogens is 476 g/mol. The second-order valence-corrected chi connectivity index (χ2v) is 8.24. The van der Waals surface area contributed by atoms with Crippen LogP contribution < -0.4 is 19.8 Å². The number of benzene rings is 3. The van der Waals surface area contributed by atoms with Crippen molar-refractivity contribution in [2.75, 3.05) is 13.9 Å². The molecule has 1 aliphatic heterocycles. The molecule has 0 saturated carbocycles. The average Bonchev–Trinajstić information content (AvgIpc) is 2.82. The van der Waals surface area contributed by atoms with Gasteiger partial charge < -0.3 is 23.4 Å². The zero-order valence-electron chi connectivity index (χ0n) is 17.2. The van der Waals surface area contributed by atoms with Crippen LogP contribution in [0.15, 0.2) is 74.3 Å². The highest BCUT2D eigenvalue weighted by molar-refractivity contribution is 9.10. The third kappa shape index (κ3) is 4.09. The summed E-state index contributed by atoms with van der Waals surface area (Å²) in [5.41, 5.74) is 3.20. The van der Waals surface area contributed by atoms with Gasteiger partial charge in [0, 0.05) is 27.1 Å². The molecule has 3 aromatic carbocycles. The van der Waals surface area contributed by atoms with Crippen LogP contribution in [0.5, 0.6) is 17.2 Å². The van der Waals surface area contributed by atoms with Gasteiger partial charge in [0.15, 0.2) is 6.79 Å². The normalized spacial score (nSPS) is 12.8. The molecule has 0 unspecified atom stereocenters. The van der Waals surface area contributed by atoms with Gasteiger partial charge in [-0.2, -0.15) is 0 Å². The Kier molecular flexibility index (Phi) is 5.59. The molecule has 2 heterocycles. The van der Waals surface area contributed by atoms with Crippen LogP contribution in [0.4, 0.5) is 0 Å². The fourth-order valence-corrected chi connectivity index (χ4v) is 4.23. The smallest absolute Gasteiger partial charge is 0.344 e. The van der Waals surface area contributed by atoms with E-state index in [9.17, 15) is 4.79 Å². The van der Waals surface area contributed by atoms with Crippen LogP contribution in [0.2, 0.25) is 0 Å². The van der Waals surface area contributed by atoms with Gasteiger partial charge in [-0.1, -0.05) is 28.1 Å². The molecule has 162 valence electrons. The first-order chi connectivity index (χ1) is 15.6. The van der Waals surface area contributed by atoms with Gasteiger partial charge in [-0.25, -0.2) is 4.79 Å². The Balaban J connectivity index is 1.41. The Labute approximate surface area is 192 Å². The monoisotopic (exact) mass is 494 g/mol. The van der Waals surface area contributed by atoms with E-state index in [0.717, 1.165) is 38.0 Å². The van der Waals surface area contributed by atoms with E-state index in [0.29, 0.717) is 30.1 Å². The molecule has 1 aromatic heterocycles. The zero-order valence-corrected chi connectivity index (χ0v) is 18.8. The third-order valence-electron chi connectivity index (χ3n) is 5.25. The van der Waals surface area contributed by atoms with Crippen molar-refractivity contribution in [1.29, 1.82) is 0 Å². The lowest BCUT2D eigenvalue weighted by molar-refractivity contribution is -0.0176. The second kappa shape index (κ2) is 8.68. The zero-order chi connectivity index (χ0) is 22.1. The molecule has 0 saturated heterocycles. The Morgan fingerprint density at radius 2 is 1.81 bits per heavy atom. The first kappa shape index (κ1) is 20.6. The van der Waals surface area contributed by atoms with E-state index < -0.39 is 5.63 Å². The lowest BCUT2D eigenvalue weighted by Gasteiger charge is -2.21. The standard InChI is InChI=1S/C25H19BrO6/c1-28-20-5-2-15(3-6-20)22-10-16-4-7-21(11-23(16)32-25(22)27)30-13-18-9-19(26)8-17-12-29-14-31-24(17)18/h2-11H,12-14H2,1H3. The number of fused-ring (bicyclic) bond motifs is 2. The van der Waals surface area contributed by atoms with Gasteiger partial charge >= 0.3 is 5.63 Å². The Morgan fingerprint density at radius 3 is 2.62 bits per heavy atom. The van der Waals surface area contributed by atoms with Crippen LogP contribution >= 0.6 is 15.9 Å². The number of halogens is 1. The van der Waals surface area contributed by atoms with Gasteiger partial charge in [0.05, 0.1) is 19.3 Å². The van der Waals surface area contributed by atoms with Crippen LogP contribution in [-0.2, 0) is 18.0 Å². The quantitative estimate of drug-likeness (QED) is 0.332. The summed E-state index contributed by atoms with van der Waals surface area (Å²) in [7, 11) is 1.60. The summed E-state index contributed by atoms with van der Waals surface area (Å²) >= 11 is 3.52. The van der Waals surface area contributed by atoms with Crippen molar-refractivity contribution < 1.29 is 23.4 Å². The van der Waals surface area contributed by atoms with Crippen LogP contribution in [-0.4, -0.2) is 13.9 Å². The minimum atomic E-state index is -0.408. The van der Waals surface area contributed by atoms with Gasteiger partial charge in [-0.05, 0) is 48.0 Å². The number of hydrogen-bond acceptors (Lipinski definition) is 6. The summed E-state index contributed by atoms with van der Waals surface area (Å²) in [6.07, 6.45) is 0. The summed E-state index contributed by atoms with van der Waals surface area (Å²) in [5.74, 6) is 2.11. The van der Waals surface area contributed by atoms with E-state index in [1.54, 1.807) is 13.2 Å². The van der Waals surface area contributed by atoms with Crippen molar-refractivity contribution in [3.8, 4) is 28.4 Å². The Hall–Kier alpha value is -3.29. The van der Waals surface area contributed by atoms with E-state index in [2.05, 4.69) is 15.9 Å². The Bertz CT molecular complexity index is 1340. The molecular formula is C25H19BrO6. The average molecular weight is 495 g/mol. The predicted octanol–water partition coefficient (Wildman–Crippen LogP) is 5.68. The van der Waals surface area contributed by atoms with Gasteiger partial charge in [-0.15, -0.1) is 0 Å². The fraction of sp³-hybridized carbons (Fsp3) is 0.160. The summed E-state index contributed by atoms with van der Waals surface area (Å²) < 4.78 is 28.7. The van der Waals surface area contributed by atoms with Gasteiger partial charge in [0.2, 0.25) is 0 Å². The maximum Gasteiger partial charge on any atom is 0.344 e. The maximum atomic E-state index is 12.6. The summed E-state index contributed by atoms with van der Waals surface area (Å²) in [4.78, 5) is 12.6. The minimum Gasteiger partial charge on any atom is -0.497 e. The number of methoxy groups -OCH3 is 1. The molecule has 32 heavy (non-hydrogen) atoms. The summed E-state index contributed by atoms with van der Waals surface area (Å²) in [6, 6.07) is 18.5. The van der Waals surface area contributed by atoms with Gasteiger partial charge in [0.1, 0.15) is 29.4 Å². The molecule has 0 bridgehead atoms. The van der Waals surface area contributed by atoms with E-state index in [4.69, 9.17) is 23.4 Å². The number of hydrogen-bond donors (Lipinski definition) is 0. The van der Waals surface area contributed by atoms with Crippen molar-refractivity contribution in [2.24, 2.45) is 0 Å². The van der Waals surface area contributed by atoms with Crippen molar-refractivity contribution in [3.05, 3.63) is 86.7 Å². The molecule has 5 rings (SSSR count). The lowest BCUT2D eigenvalue weighted by atomic mass is 10.1. The highest BCUT2D eigenvalue weighted by Gasteiger charge is 2.17. The molecule has 0 fully saturated rings. The molecule has 0 atom stereocenters. The third-order valence-corrected chi connectivity index (χ3v) is 5.71. The first-order valence-corrected chi connectivity index (χ1v) is 10.8. The van der Waals surface area contributed by atoms with Crippen LogP contribution in [0.25, 0.3) is 22.1 Å². The largest absolute Gasteiger partial charge is 0.497 e. The minimum absolute atomic E-state index is 0.222. The number of ether oxygens (including phenoxy) is 4. The molecule has 4 aromatic rings. The predicted molar refractivity (Wildman–Crippen MR) is 123 cm³/mol. The molecule has 0 spiro atoms. The van der Waals surface area contributed by atoms with Crippen molar-refractivity contribution in [2.45, 2.75) is 13.2 Å². The SMILES string of the molecule is COc1ccc(-c2cc3ccc(OCc4cc(Br)cc5c4OCOC5)cc3oc2=O)cc1. The Morgan fingerprint density at radius 1 is 1.00 bits per heavy atom. The molecule has 6 nitrogen and oxygen atoms in total. The fourth-order valence-electron chi connectivity index (χ4n) is 3.68. The second-order valence-electron chi connectivity index (χ2n) is 7.33. The van der Waals surface area contributed by atoms with Crippen LogP contribution in [0, 0.1) is 0 Å². The van der Waals surface area contributed by atoms with E-state index >= 15 is 0 Å². The van der Waals surface area contributed by atoms with Gasteiger partial charge in [-0.3, -0.25) is 0 Å². The summed E-state index contributed by atoms with van der Waals surface area (Å²) in [5, 5.41) is 0.808. The van der Waals surface area contributed by atoms with E-state index in [1.165, 1.54) is 0 Å². The molecule has 0 aliphatic carbocycles. The van der Waals surface area contributed by atoms with Gasteiger partial charge in [0.25, 0.3) is 0 Å². The molecule has 0 amide bonds. The highest BCUT2D eigenvalue weighted by atomic mass is 79.9. The van der Waals surface area contributed by atoms with Crippen molar-refractivity contribution in [3.63, 3.8) is 0 Å². The van der Waals surface area contributed by atoms with Crippen molar-refractivity contribution >= 4 is 26.9 Å². The number of rotatable bonds is 5. The molecule has 1 aliphatic rings. The first-order valence-electron chi connectivity index (χ1n) is 9.98. The van der Waals surface area contributed by atoms with E-state index in [-0.39, 0.29) is 6.79 Å². The molecule has 7 heteroatoms. The van der Waals surface area contributed by atoms with Crippen molar-refractivity contribution in [1.82, 2.24) is 0 Å². The lowest BCUT2D eigenvalue weighted by Crippen LogP contribution is -2.14. The molecule has 0 N–H and O–H groups in total. The van der Waals surface area contributed by atoms with Crippen LogP contribution in [0.1, 0.15) is 11.1 Å². The molecule has 0 radical (unpaired) electrons. The highest BCUT2D eigenvalue weighted by Crippen LogP contribution is 2.33. The topological polar surface area (TPSA) is 67.1 Å². The summed E-state index contributed by atoms with van der Waals surface area (Å²) in [6.45, 7) is 1.03. The maximum absolute atomic E-state index is 12.6. The van der Waals surface area contributed by atoms with E-state index in [1.807, 2.05) is 54.6 Å². The van der Waals surface area contributed by atoms with Crippen LogP contribution in [0.3, 0.4) is 0 Å².